The number of aromatic nitrogens is 8. The van der Waals surface area contributed by atoms with Crippen LogP contribution in [0.1, 0.15) is 13.8 Å². The summed E-state index contributed by atoms with van der Waals surface area (Å²) < 4.78 is 16.0. The molecule has 0 unspecified atom stereocenters. The average Bonchev–Trinajstić information content (AvgIpc) is 3.56. The van der Waals surface area contributed by atoms with Crippen molar-refractivity contribution < 1.29 is 14.3 Å². The third-order valence-electron chi connectivity index (χ3n) is 5.55. The molecule has 1 aromatic carbocycles. The monoisotopic (exact) mass is 487 g/mol. The van der Waals surface area contributed by atoms with Gasteiger partial charge in [-0.25, -0.2) is 19.0 Å². The normalized spacial score (nSPS) is 11.3. The van der Waals surface area contributed by atoms with Crippen LogP contribution < -0.4 is 10.1 Å². The predicted octanol–water partition coefficient (Wildman–Crippen LogP) is 3.77. The van der Waals surface area contributed by atoms with E-state index >= 15 is 0 Å². The Balaban J connectivity index is 1.55. The number of carbonyl (C=O) groups excluding carboxylic acids is 1. The standard InChI is InChI=1S/C24H25N9O3/c1-14(2)36-24(34)33-19(17-12-26-31(3)13-17)8-16-11-25-22(10-20(16)33)27-18-7-6-15(9-21(18)35-5)23-28-29-30-32(23)4/h6-14H,1-5H3,(H,25,27). The highest BCUT2D eigenvalue weighted by Crippen LogP contribution is 2.34. The van der Waals surface area contributed by atoms with Crippen LogP contribution in [-0.2, 0) is 18.8 Å². The molecule has 0 bridgehead atoms. The van der Waals surface area contributed by atoms with E-state index in [2.05, 4.69) is 30.9 Å². The van der Waals surface area contributed by atoms with Crippen LogP contribution in [0.4, 0.5) is 16.3 Å². The van der Waals surface area contributed by atoms with Crippen molar-refractivity contribution >= 4 is 28.5 Å². The largest absolute Gasteiger partial charge is 0.495 e. The van der Waals surface area contributed by atoms with Gasteiger partial charge in [-0.2, -0.15) is 5.10 Å². The molecule has 0 aliphatic heterocycles. The van der Waals surface area contributed by atoms with Crippen molar-refractivity contribution in [3.63, 3.8) is 0 Å². The molecule has 5 rings (SSSR count). The summed E-state index contributed by atoms with van der Waals surface area (Å²) in [6.07, 6.45) is 4.51. The summed E-state index contributed by atoms with van der Waals surface area (Å²) in [4.78, 5) is 17.7. The van der Waals surface area contributed by atoms with E-state index < -0.39 is 6.09 Å². The lowest BCUT2D eigenvalue weighted by Crippen LogP contribution is -2.18. The van der Waals surface area contributed by atoms with Crippen LogP contribution in [0, 0.1) is 0 Å². The van der Waals surface area contributed by atoms with E-state index in [0.29, 0.717) is 34.3 Å². The zero-order valence-electron chi connectivity index (χ0n) is 20.5. The minimum Gasteiger partial charge on any atom is -0.495 e. The molecule has 0 fully saturated rings. The van der Waals surface area contributed by atoms with Gasteiger partial charge in [-0.15, -0.1) is 5.10 Å². The Morgan fingerprint density at radius 3 is 2.58 bits per heavy atom. The molecule has 12 heteroatoms. The maximum absolute atomic E-state index is 13.1. The zero-order valence-corrected chi connectivity index (χ0v) is 20.5. The first-order valence-electron chi connectivity index (χ1n) is 11.2. The Morgan fingerprint density at radius 2 is 1.92 bits per heavy atom. The first-order chi connectivity index (χ1) is 17.3. The third kappa shape index (κ3) is 4.24. The molecular weight excluding hydrogens is 462 g/mol. The van der Waals surface area contributed by atoms with Gasteiger partial charge in [0.1, 0.15) is 11.6 Å². The quantitative estimate of drug-likeness (QED) is 0.381. The number of hydrogen-bond acceptors (Lipinski definition) is 9. The van der Waals surface area contributed by atoms with E-state index in [-0.39, 0.29) is 6.10 Å². The minimum atomic E-state index is -0.477. The Bertz CT molecular complexity index is 1560. The van der Waals surface area contributed by atoms with E-state index in [1.165, 1.54) is 0 Å². The summed E-state index contributed by atoms with van der Waals surface area (Å²) >= 11 is 0. The number of methoxy groups -OCH3 is 1. The number of nitrogens with one attached hydrogen (secondary N) is 1. The van der Waals surface area contributed by atoms with Crippen molar-refractivity contribution in [1.29, 1.82) is 0 Å². The van der Waals surface area contributed by atoms with Crippen molar-refractivity contribution in [1.82, 2.24) is 39.5 Å². The Kier molecular flexibility index (Phi) is 5.84. The number of hydrogen-bond donors (Lipinski definition) is 1. The fourth-order valence-corrected chi connectivity index (χ4v) is 3.93. The maximum Gasteiger partial charge on any atom is 0.419 e. The molecule has 0 amide bonds. The summed E-state index contributed by atoms with van der Waals surface area (Å²) in [6, 6.07) is 9.29. The zero-order chi connectivity index (χ0) is 25.4. The predicted molar refractivity (Wildman–Crippen MR) is 133 cm³/mol. The summed E-state index contributed by atoms with van der Waals surface area (Å²) in [7, 11) is 5.18. The van der Waals surface area contributed by atoms with Gasteiger partial charge in [0.15, 0.2) is 5.82 Å². The Morgan fingerprint density at radius 1 is 1.08 bits per heavy atom. The summed E-state index contributed by atoms with van der Waals surface area (Å²) in [6.45, 7) is 3.63. The molecule has 0 spiro atoms. The molecule has 5 aromatic rings. The number of benzene rings is 1. The molecule has 36 heavy (non-hydrogen) atoms. The molecule has 4 heterocycles. The first-order valence-corrected chi connectivity index (χ1v) is 11.2. The first kappa shape index (κ1) is 23.0. The number of nitrogens with zero attached hydrogens (tertiary/aromatic N) is 8. The van der Waals surface area contributed by atoms with E-state index in [4.69, 9.17) is 9.47 Å². The van der Waals surface area contributed by atoms with Crippen molar-refractivity contribution in [2.75, 3.05) is 12.4 Å². The molecular formula is C24H25N9O3. The second-order valence-electron chi connectivity index (χ2n) is 8.49. The van der Waals surface area contributed by atoms with Crippen molar-refractivity contribution in [3.05, 3.63) is 48.9 Å². The second kappa shape index (κ2) is 9.13. The molecule has 1 N–H and O–H groups in total. The van der Waals surface area contributed by atoms with Gasteiger partial charge in [0.2, 0.25) is 0 Å². The number of tetrazole rings is 1. The van der Waals surface area contributed by atoms with Crippen molar-refractivity contribution in [2.24, 2.45) is 14.1 Å². The van der Waals surface area contributed by atoms with Crippen molar-refractivity contribution in [3.8, 4) is 28.4 Å². The molecule has 12 nitrogen and oxygen atoms in total. The molecule has 0 radical (unpaired) electrons. The van der Waals surface area contributed by atoms with Gasteiger partial charge in [0, 0.05) is 49.1 Å². The van der Waals surface area contributed by atoms with Gasteiger partial charge in [-0.1, -0.05) is 0 Å². The van der Waals surface area contributed by atoms with Crippen LogP contribution in [0.3, 0.4) is 0 Å². The van der Waals surface area contributed by atoms with E-state index in [9.17, 15) is 4.79 Å². The number of aryl methyl sites for hydroxylation is 2. The molecule has 0 saturated heterocycles. The lowest BCUT2D eigenvalue weighted by molar-refractivity contribution is 0.118. The van der Waals surface area contributed by atoms with Gasteiger partial charge < -0.3 is 14.8 Å². The molecule has 184 valence electrons. The van der Waals surface area contributed by atoms with Gasteiger partial charge in [-0.05, 0) is 48.5 Å². The lowest BCUT2D eigenvalue weighted by atomic mass is 10.1. The Hall–Kier alpha value is -4.74. The number of anilines is 2. The molecule has 0 aliphatic carbocycles. The second-order valence-corrected chi connectivity index (χ2v) is 8.49. The average molecular weight is 488 g/mol. The van der Waals surface area contributed by atoms with E-state index in [1.54, 1.807) is 46.5 Å². The van der Waals surface area contributed by atoms with Crippen molar-refractivity contribution in [2.45, 2.75) is 20.0 Å². The SMILES string of the molecule is COc1cc(-c2nnnn2C)ccc1Nc1cc2c(cn1)cc(-c1cnn(C)c1)n2C(=O)OC(C)C. The maximum atomic E-state index is 13.1. The molecule has 0 aliphatic rings. The number of pyridine rings is 1. The van der Waals surface area contributed by atoms with Gasteiger partial charge >= 0.3 is 6.09 Å². The number of fused-ring (bicyclic) bond motifs is 1. The minimum absolute atomic E-state index is 0.275. The summed E-state index contributed by atoms with van der Waals surface area (Å²) in [5.74, 6) is 1.73. The number of carbonyl (C=O) groups is 1. The van der Waals surface area contributed by atoms with Gasteiger partial charge in [-0.3, -0.25) is 4.68 Å². The van der Waals surface area contributed by atoms with Crippen LogP contribution in [0.2, 0.25) is 0 Å². The molecule has 0 atom stereocenters. The van der Waals surface area contributed by atoms with E-state index in [0.717, 1.165) is 16.5 Å². The molecule has 0 saturated carbocycles. The third-order valence-corrected chi connectivity index (χ3v) is 5.55. The van der Waals surface area contributed by atoms with Crippen LogP contribution in [0.15, 0.2) is 48.9 Å². The van der Waals surface area contributed by atoms with Crippen LogP contribution in [0.25, 0.3) is 33.5 Å². The number of rotatable bonds is 6. The fraction of sp³-hybridized carbons (Fsp3) is 0.250. The lowest BCUT2D eigenvalue weighted by Gasteiger charge is -2.14. The highest BCUT2D eigenvalue weighted by Gasteiger charge is 2.21. The number of ether oxygens (including phenoxy) is 2. The van der Waals surface area contributed by atoms with Crippen LogP contribution in [0.5, 0.6) is 5.75 Å². The van der Waals surface area contributed by atoms with E-state index in [1.807, 2.05) is 51.4 Å². The van der Waals surface area contributed by atoms with Gasteiger partial charge in [0.05, 0.1) is 36.3 Å². The van der Waals surface area contributed by atoms with Crippen LogP contribution in [-0.4, -0.2) is 58.8 Å². The smallest absolute Gasteiger partial charge is 0.419 e. The van der Waals surface area contributed by atoms with Gasteiger partial charge in [0.25, 0.3) is 0 Å². The summed E-state index contributed by atoms with van der Waals surface area (Å²) in [5.41, 5.74) is 3.61. The molecule has 4 aromatic heterocycles. The highest BCUT2D eigenvalue weighted by molar-refractivity contribution is 5.97. The Labute approximate surface area is 206 Å². The van der Waals surface area contributed by atoms with Crippen LogP contribution >= 0.6 is 0 Å². The summed E-state index contributed by atoms with van der Waals surface area (Å²) in [5, 5.41) is 19.9. The highest BCUT2D eigenvalue weighted by atomic mass is 16.6. The topological polar surface area (TPSA) is 127 Å². The fourth-order valence-electron chi connectivity index (χ4n) is 3.93.